The van der Waals surface area contributed by atoms with Crippen molar-refractivity contribution in [1.82, 2.24) is 0 Å². The summed E-state index contributed by atoms with van der Waals surface area (Å²) in [6.45, 7) is 8.00. The van der Waals surface area contributed by atoms with E-state index in [4.69, 9.17) is 10.8 Å². The third kappa shape index (κ3) is 13.2. The zero-order chi connectivity index (χ0) is 26.7. The number of benzene rings is 2. The zero-order valence-electron chi connectivity index (χ0n) is 19.9. The molecule has 2 aromatic rings. The molecule has 2 aromatic carbocycles. The fourth-order valence-electron chi connectivity index (χ4n) is 1.97. The van der Waals surface area contributed by atoms with Crippen LogP contribution in [0.1, 0.15) is 61.3 Å². The lowest BCUT2D eigenvalue weighted by atomic mass is 10.1. The Morgan fingerprint density at radius 1 is 0.912 bits per heavy atom. The maximum atomic E-state index is 11.9. The topological polar surface area (TPSA) is 179 Å². The van der Waals surface area contributed by atoms with Crippen molar-refractivity contribution in [2.75, 3.05) is 12.4 Å². The van der Waals surface area contributed by atoms with Crippen LogP contribution < -0.4 is 11.1 Å². The first-order valence-corrected chi connectivity index (χ1v) is 10.4. The monoisotopic (exact) mass is 477 g/mol. The molecule has 0 saturated heterocycles. The summed E-state index contributed by atoms with van der Waals surface area (Å²) in [6, 6.07) is 11.3. The summed E-state index contributed by atoms with van der Waals surface area (Å²) < 4.78 is 4.20. The van der Waals surface area contributed by atoms with Gasteiger partial charge in [-0.3, -0.25) is 29.3 Å². The molecule has 0 bridgehead atoms. The number of hydrogen-bond donors (Lipinski definition) is 3. The molecule has 2 amide bonds. The Bertz CT molecular complexity index is 926. The fraction of sp³-hybridized carbons (Fsp3) is 0.304. The first-order valence-electron chi connectivity index (χ1n) is 10.4. The lowest BCUT2D eigenvalue weighted by Crippen LogP contribution is -2.13. The molecule has 4 N–H and O–H groups in total. The molecular formula is C23H31N3O8. The van der Waals surface area contributed by atoms with Crippen LogP contribution in [0.3, 0.4) is 0 Å². The number of carbonyl (C=O) groups is 4. The Labute approximate surface area is 198 Å². The van der Waals surface area contributed by atoms with E-state index in [1.54, 1.807) is 12.1 Å². The molecule has 0 spiro atoms. The summed E-state index contributed by atoms with van der Waals surface area (Å²) in [6.07, 6.45) is -0.210. The number of nitro benzene ring substituents is 1. The number of esters is 1. The first kappa shape index (κ1) is 31.9. The van der Waals surface area contributed by atoms with Crippen molar-refractivity contribution in [3.05, 3.63) is 69.8 Å². The maximum absolute atomic E-state index is 11.9. The molecule has 0 radical (unpaired) electrons. The number of carbonyl (C=O) groups excluding carboxylic acids is 3. The van der Waals surface area contributed by atoms with Crippen molar-refractivity contribution in [2.45, 2.75) is 40.5 Å². The van der Waals surface area contributed by atoms with E-state index in [1.165, 1.54) is 43.5 Å². The maximum Gasteiger partial charge on any atom is 0.306 e. The molecular weight excluding hydrogens is 446 g/mol. The number of hydrogen-bond acceptors (Lipinski definition) is 7. The van der Waals surface area contributed by atoms with Crippen molar-refractivity contribution in [1.29, 1.82) is 0 Å². The first-order chi connectivity index (χ1) is 16.1. The molecule has 0 saturated carbocycles. The average Bonchev–Trinajstić information content (AvgIpc) is 2.85. The predicted molar refractivity (Wildman–Crippen MR) is 128 cm³/mol. The molecule has 11 heteroatoms. The second kappa shape index (κ2) is 18.3. The molecule has 0 aliphatic heterocycles. The highest BCUT2D eigenvalue weighted by Crippen LogP contribution is 2.14. The number of nitrogens with one attached hydrogen (secondary N) is 1. The van der Waals surface area contributed by atoms with Gasteiger partial charge in [0, 0.05) is 28.9 Å². The lowest BCUT2D eigenvalue weighted by molar-refractivity contribution is -0.384. The van der Waals surface area contributed by atoms with Crippen LogP contribution in [0.5, 0.6) is 0 Å². The van der Waals surface area contributed by atoms with Crippen LogP contribution in [0, 0.1) is 10.1 Å². The summed E-state index contributed by atoms with van der Waals surface area (Å²) in [5.74, 6) is -2.43. The van der Waals surface area contributed by atoms with Crippen molar-refractivity contribution < 1.29 is 33.9 Å². The van der Waals surface area contributed by atoms with Gasteiger partial charge in [0.2, 0.25) is 5.91 Å². The van der Waals surface area contributed by atoms with Crippen LogP contribution in [0.25, 0.3) is 0 Å². The van der Waals surface area contributed by atoms with E-state index in [9.17, 15) is 29.3 Å². The highest BCUT2D eigenvalue weighted by molar-refractivity contribution is 6.04. The van der Waals surface area contributed by atoms with E-state index in [2.05, 4.69) is 10.1 Å². The van der Waals surface area contributed by atoms with Crippen LogP contribution in [0.2, 0.25) is 0 Å². The molecule has 0 atom stereocenters. The van der Waals surface area contributed by atoms with Gasteiger partial charge in [0.1, 0.15) is 0 Å². The summed E-state index contributed by atoms with van der Waals surface area (Å²) in [7, 11) is 1.23. The Morgan fingerprint density at radius 2 is 1.38 bits per heavy atom. The minimum absolute atomic E-state index is 0.0498. The molecule has 2 rings (SSSR count). The molecule has 0 heterocycles. The van der Waals surface area contributed by atoms with Gasteiger partial charge in [-0.1, -0.05) is 27.7 Å². The van der Waals surface area contributed by atoms with E-state index in [-0.39, 0.29) is 18.5 Å². The summed E-state index contributed by atoms with van der Waals surface area (Å²) in [4.78, 5) is 52.9. The summed E-state index contributed by atoms with van der Waals surface area (Å²) in [5, 5.41) is 21.2. The van der Waals surface area contributed by atoms with Gasteiger partial charge in [0.15, 0.2) is 0 Å². The van der Waals surface area contributed by atoms with Crippen molar-refractivity contribution in [3.8, 4) is 0 Å². The Kier molecular flexibility index (Phi) is 17.2. The molecule has 0 aromatic heterocycles. The van der Waals surface area contributed by atoms with Gasteiger partial charge < -0.3 is 20.9 Å². The molecule has 34 heavy (non-hydrogen) atoms. The van der Waals surface area contributed by atoms with Crippen molar-refractivity contribution >= 4 is 35.1 Å². The van der Waals surface area contributed by atoms with Gasteiger partial charge in [-0.2, -0.15) is 0 Å². The zero-order valence-corrected chi connectivity index (χ0v) is 19.9. The van der Waals surface area contributed by atoms with Crippen LogP contribution in [0.4, 0.5) is 11.4 Å². The summed E-state index contributed by atoms with van der Waals surface area (Å²) >= 11 is 0. The smallest absolute Gasteiger partial charge is 0.306 e. The number of ether oxygens (including phenoxy) is 1. The van der Waals surface area contributed by atoms with E-state index in [0.29, 0.717) is 16.8 Å². The molecule has 0 aliphatic carbocycles. The SMILES string of the molecule is CC.CC.COC(=O)CCC(=O)O.NC(=O)c1ccc(NC(=O)c2ccc([N+](=O)[O-])cc2)cc1. The Morgan fingerprint density at radius 3 is 1.76 bits per heavy atom. The lowest BCUT2D eigenvalue weighted by Gasteiger charge is -2.05. The highest BCUT2D eigenvalue weighted by Gasteiger charge is 2.10. The van der Waals surface area contributed by atoms with Crippen LogP contribution in [0.15, 0.2) is 48.5 Å². The molecule has 0 fully saturated rings. The predicted octanol–water partition coefficient (Wildman–Crippen LogP) is 4.02. The molecule has 11 nitrogen and oxygen atoms in total. The summed E-state index contributed by atoms with van der Waals surface area (Å²) in [5.41, 5.74) is 6.14. The highest BCUT2D eigenvalue weighted by atomic mass is 16.6. The number of nitro groups is 1. The number of primary amides is 1. The molecule has 186 valence electrons. The van der Waals surface area contributed by atoms with Crippen LogP contribution in [-0.2, 0) is 14.3 Å². The Hall–Kier alpha value is -4.28. The normalized spacial score (nSPS) is 8.74. The Balaban J connectivity index is 0. The number of nitrogens with two attached hydrogens (primary N) is 1. The van der Waals surface area contributed by atoms with Gasteiger partial charge in [-0.15, -0.1) is 0 Å². The van der Waals surface area contributed by atoms with Crippen molar-refractivity contribution in [2.24, 2.45) is 5.73 Å². The number of nitrogens with zero attached hydrogens (tertiary/aromatic N) is 1. The molecule has 0 aliphatic rings. The van der Waals surface area contributed by atoms with Gasteiger partial charge in [0.25, 0.3) is 11.6 Å². The van der Waals surface area contributed by atoms with Gasteiger partial charge in [0.05, 0.1) is 24.9 Å². The van der Waals surface area contributed by atoms with Gasteiger partial charge in [-0.05, 0) is 36.4 Å². The number of non-ortho nitro benzene ring substituents is 1. The number of anilines is 1. The quantitative estimate of drug-likeness (QED) is 0.304. The minimum atomic E-state index is -0.986. The van der Waals surface area contributed by atoms with E-state index >= 15 is 0 Å². The van der Waals surface area contributed by atoms with E-state index in [0.717, 1.165) is 0 Å². The second-order valence-electron chi connectivity index (χ2n) is 5.67. The van der Waals surface area contributed by atoms with E-state index in [1.807, 2.05) is 27.7 Å². The number of rotatable bonds is 7. The van der Waals surface area contributed by atoms with E-state index < -0.39 is 28.7 Å². The standard InChI is InChI=1S/C14H11N3O4.C5H8O4.2C2H6/c15-13(18)9-1-5-11(6-2-9)16-14(19)10-3-7-12(8-4-10)17(20)21;1-9-5(8)3-2-4(6)7;2*1-2/h1-8H,(H2,15,18)(H,16,19);2-3H2,1H3,(H,6,7);2*1-2H3. The van der Waals surface area contributed by atoms with Gasteiger partial charge >= 0.3 is 11.9 Å². The number of methoxy groups -OCH3 is 1. The number of aliphatic carboxylic acids is 1. The minimum Gasteiger partial charge on any atom is -0.481 e. The third-order valence-corrected chi connectivity index (χ3v) is 3.54. The van der Waals surface area contributed by atoms with Crippen LogP contribution >= 0.6 is 0 Å². The van der Waals surface area contributed by atoms with Crippen molar-refractivity contribution in [3.63, 3.8) is 0 Å². The molecule has 0 unspecified atom stereocenters. The average molecular weight is 478 g/mol. The third-order valence-electron chi connectivity index (χ3n) is 3.54. The largest absolute Gasteiger partial charge is 0.481 e. The number of carboxylic acids is 1. The number of amides is 2. The second-order valence-corrected chi connectivity index (χ2v) is 5.67. The van der Waals surface area contributed by atoms with Crippen LogP contribution in [-0.4, -0.2) is 40.9 Å². The number of carboxylic acid groups (broad SMARTS) is 1. The van der Waals surface area contributed by atoms with Gasteiger partial charge in [-0.25, -0.2) is 0 Å². The fourth-order valence-corrected chi connectivity index (χ4v) is 1.97.